The molecular formula is C24H28N2O5. The van der Waals surface area contributed by atoms with Gasteiger partial charge in [-0.2, -0.15) is 0 Å². The SMILES string of the molecule is COc1ccc(C(=O)N(CCCO)Cc2cc3c(C)ccc(C)c3[nH]c2=O)cc1OC. The third-order valence-electron chi connectivity index (χ3n) is 5.39. The van der Waals surface area contributed by atoms with Gasteiger partial charge in [-0.25, -0.2) is 0 Å². The Labute approximate surface area is 181 Å². The van der Waals surface area contributed by atoms with E-state index in [1.165, 1.54) is 14.2 Å². The number of pyridine rings is 1. The van der Waals surface area contributed by atoms with E-state index in [1.807, 2.05) is 32.0 Å². The number of ether oxygens (including phenoxy) is 2. The first-order valence-electron chi connectivity index (χ1n) is 10.1. The topological polar surface area (TPSA) is 91.9 Å². The Morgan fingerprint density at radius 3 is 2.42 bits per heavy atom. The molecule has 0 aliphatic carbocycles. The highest BCUT2D eigenvalue weighted by molar-refractivity contribution is 5.95. The Balaban J connectivity index is 1.98. The lowest BCUT2D eigenvalue weighted by molar-refractivity contribution is 0.0731. The Morgan fingerprint density at radius 2 is 1.74 bits per heavy atom. The Hall–Kier alpha value is -3.32. The molecule has 3 rings (SSSR count). The monoisotopic (exact) mass is 424 g/mol. The van der Waals surface area contributed by atoms with Gasteiger partial charge in [0.25, 0.3) is 11.5 Å². The van der Waals surface area contributed by atoms with Crippen molar-refractivity contribution in [2.45, 2.75) is 26.8 Å². The standard InChI is InChI=1S/C24H28N2O5/c1-15-6-7-16(2)22-19(15)12-18(23(28)25-22)14-26(10-5-11-27)24(29)17-8-9-20(30-3)21(13-17)31-4/h6-9,12-13,27H,5,10-11,14H2,1-4H3,(H,25,28). The lowest BCUT2D eigenvalue weighted by atomic mass is 10.0. The van der Waals surface area contributed by atoms with Crippen LogP contribution in [-0.4, -0.2) is 48.3 Å². The molecule has 0 unspecified atom stereocenters. The van der Waals surface area contributed by atoms with E-state index in [1.54, 1.807) is 23.1 Å². The molecule has 0 spiro atoms. The molecule has 0 fully saturated rings. The maximum Gasteiger partial charge on any atom is 0.254 e. The fourth-order valence-electron chi connectivity index (χ4n) is 3.61. The zero-order valence-corrected chi connectivity index (χ0v) is 18.3. The summed E-state index contributed by atoms with van der Waals surface area (Å²) in [7, 11) is 3.04. The van der Waals surface area contributed by atoms with Crippen LogP contribution in [0.25, 0.3) is 10.9 Å². The van der Waals surface area contributed by atoms with E-state index in [2.05, 4.69) is 4.98 Å². The van der Waals surface area contributed by atoms with E-state index in [0.29, 0.717) is 35.6 Å². The third kappa shape index (κ3) is 4.72. The van der Waals surface area contributed by atoms with Gasteiger partial charge in [0.1, 0.15) is 0 Å². The molecule has 0 atom stereocenters. The molecule has 7 heteroatoms. The number of benzene rings is 2. The lowest BCUT2D eigenvalue weighted by Gasteiger charge is -2.23. The number of carbonyl (C=O) groups excluding carboxylic acids is 1. The summed E-state index contributed by atoms with van der Waals surface area (Å²) in [6.45, 7) is 4.33. The third-order valence-corrected chi connectivity index (χ3v) is 5.39. The van der Waals surface area contributed by atoms with E-state index in [-0.39, 0.29) is 24.6 Å². The minimum atomic E-state index is -0.255. The highest BCUT2D eigenvalue weighted by Gasteiger charge is 2.20. The number of hydrogen-bond donors (Lipinski definition) is 2. The van der Waals surface area contributed by atoms with Gasteiger partial charge < -0.3 is 24.5 Å². The van der Waals surface area contributed by atoms with Crippen molar-refractivity contribution in [2.75, 3.05) is 27.4 Å². The van der Waals surface area contributed by atoms with Crippen LogP contribution in [-0.2, 0) is 6.54 Å². The number of fused-ring (bicyclic) bond motifs is 1. The summed E-state index contributed by atoms with van der Waals surface area (Å²) in [5, 5.41) is 10.3. The van der Waals surface area contributed by atoms with Gasteiger partial charge in [0.05, 0.1) is 26.3 Å². The molecule has 0 saturated carbocycles. The van der Waals surface area contributed by atoms with Gasteiger partial charge in [0.2, 0.25) is 0 Å². The van der Waals surface area contributed by atoms with Gasteiger partial charge in [0, 0.05) is 29.7 Å². The highest BCUT2D eigenvalue weighted by Crippen LogP contribution is 2.28. The number of H-pyrrole nitrogens is 1. The van der Waals surface area contributed by atoms with Crippen LogP contribution < -0.4 is 15.0 Å². The van der Waals surface area contributed by atoms with Crippen LogP contribution in [0.3, 0.4) is 0 Å². The molecule has 164 valence electrons. The van der Waals surface area contributed by atoms with E-state index in [0.717, 1.165) is 22.0 Å². The molecule has 31 heavy (non-hydrogen) atoms. The normalized spacial score (nSPS) is 10.9. The number of methoxy groups -OCH3 is 2. The number of aryl methyl sites for hydroxylation is 2. The molecule has 0 aliphatic heterocycles. The zero-order chi connectivity index (χ0) is 22.5. The van der Waals surface area contributed by atoms with Crippen molar-refractivity contribution in [1.29, 1.82) is 0 Å². The number of rotatable bonds is 8. The van der Waals surface area contributed by atoms with Crippen molar-refractivity contribution < 1.29 is 19.4 Å². The van der Waals surface area contributed by atoms with Crippen LogP contribution in [0, 0.1) is 13.8 Å². The van der Waals surface area contributed by atoms with Crippen molar-refractivity contribution in [3.63, 3.8) is 0 Å². The molecule has 7 nitrogen and oxygen atoms in total. The first-order chi connectivity index (χ1) is 14.9. The van der Waals surface area contributed by atoms with E-state index >= 15 is 0 Å². The summed E-state index contributed by atoms with van der Waals surface area (Å²) < 4.78 is 10.5. The van der Waals surface area contributed by atoms with Gasteiger partial charge in [0.15, 0.2) is 11.5 Å². The summed E-state index contributed by atoms with van der Waals surface area (Å²) in [5.74, 6) is 0.720. The number of aliphatic hydroxyl groups excluding tert-OH is 1. The Morgan fingerprint density at radius 1 is 1.03 bits per heavy atom. The maximum absolute atomic E-state index is 13.3. The second kappa shape index (κ2) is 9.66. The first kappa shape index (κ1) is 22.4. The molecule has 2 aromatic carbocycles. The molecular weight excluding hydrogens is 396 g/mol. The second-order valence-electron chi connectivity index (χ2n) is 7.49. The number of amides is 1. The fraction of sp³-hybridized carbons (Fsp3) is 0.333. The number of aromatic nitrogens is 1. The summed E-state index contributed by atoms with van der Waals surface area (Å²) in [4.78, 5) is 30.6. The van der Waals surface area contributed by atoms with E-state index < -0.39 is 0 Å². The smallest absolute Gasteiger partial charge is 0.254 e. The minimum absolute atomic E-state index is 0.0535. The molecule has 0 bridgehead atoms. The predicted octanol–water partition coefficient (Wildman–Crippen LogP) is 3.19. The van der Waals surface area contributed by atoms with Crippen LogP contribution in [0.5, 0.6) is 11.5 Å². The fourth-order valence-corrected chi connectivity index (χ4v) is 3.61. The number of carbonyl (C=O) groups is 1. The number of nitrogens with zero attached hydrogens (tertiary/aromatic N) is 1. The quantitative estimate of drug-likeness (QED) is 0.579. The Kier molecular flexibility index (Phi) is 6.97. The van der Waals surface area contributed by atoms with E-state index in [4.69, 9.17) is 9.47 Å². The van der Waals surface area contributed by atoms with Crippen LogP contribution in [0.1, 0.15) is 33.5 Å². The van der Waals surface area contributed by atoms with Crippen molar-refractivity contribution >= 4 is 16.8 Å². The minimum Gasteiger partial charge on any atom is -0.493 e. The van der Waals surface area contributed by atoms with Crippen molar-refractivity contribution in [3.8, 4) is 11.5 Å². The van der Waals surface area contributed by atoms with Crippen molar-refractivity contribution in [2.24, 2.45) is 0 Å². The van der Waals surface area contributed by atoms with Gasteiger partial charge in [-0.1, -0.05) is 12.1 Å². The second-order valence-corrected chi connectivity index (χ2v) is 7.49. The maximum atomic E-state index is 13.3. The van der Waals surface area contributed by atoms with Crippen molar-refractivity contribution in [3.05, 3.63) is 69.0 Å². The van der Waals surface area contributed by atoms with Gasteiger partial charge in [-0.3, -0.25) is 9.59 Å². The number of aromatic amines is 1. The average Bonchev–Trinajstić information content (AvgIpc) is 2.78. The van der Waals surface area contributed by atoms with Crippen LogP contribution in [0.15, 0.2) is 41.2 Å². The predicted molar refractivity (Wildman–Crippen MR) is 120 cm³/mol. The Bertz CT molecular complexity index is 1150. The number of aliphatic hydroxyl groups is 1. The van der Waals surface area contributed by atoms with Crippen LogP contribution in [0.4, 0.5) is 0 Å². The molecule has 1 amide bonds. The lowest BCUT2D eigenvalue weighted by Crippen LogP contribution is -2.34. The first-order valence-corrected chi connectivity index (χ1v) is 10.1. The molecule has 1 aromatic heterocycles. The summed E-state index contributed by atoms with van der Waals surface area (Å²) in [6.07, 6.45) is 0.405. The number of hydrogen-bond acceptors (Lipinski definition) is 5. The van der Waals surface area contributed by atoms with Gasteiger partial charge in [-0.15, -0.1) is 0 Å². The largest absolute Gasteiger partial charge is 0.493 e. The summed E-state index contributed by atoms with van der Waals surface area (Å²) >= 11 is 0. The highest BCUT2D eigenvalue weighted by atomic mass is 16.5. The average molecular weight is 424 g/mol. The molecule has 0 saturated heterocycles. The molecule has 3 aromatic rings. The molecule has 2 N–H and O–H groups in total. The zero-order valence-electron chi connectivity index (χ0n) is 18.3. The van der Waals surface area contributed by atoms with Gasteiger partial charge >= 0.3 is 0 Å². The molecule has 0 aliphatic rings. The molecule has 1 heterocycles. The summed E-state index contributed by atoms with van der Waals surface area (Å²) in [6, 6.07) is 10.8. The van der Waals surface area contributed by atoms with Crippen molar-refractivity contribution in [1.82, 2.24) is 9.88 Å². The summed E-state index contributed by atoms with van der Waals surface area (Å²) in [5.41, 5.74) is 3.53. The van der Waals surface area contributed by atoms with Crippen LogP contribution in [0.2, 0.25) is 0 Å². The van der Waals surface area contributed by atoms with Gasteiger partial charge in [-0.05, 0) is 55.7 Å². The molecule has 0 radical (unpaired) electrons. The number of nitrogens with one attached hydrogen (secondary N) is 1. The van der Waals surface area contributed by atoms with E-state index in [9.17, 15) is 14.7 Å². The van der Waals surface area contributed by atoms with Crippen LogP contribution >= 0.6 is 0 Å².